The molecule has 5 heteroatoms. The average Bonchev–Trinajstić information content (AvgIpc) is 2.82. The zero-order chi connectivity index (χ0) is 14.8. The number of hydrogen-bond donors (Lipinski definition) is 2. The first-order chi connectivity index (χ1) is 9.37. The Hall–Kier alpha value is -1.75. The molecule has 0 aliphatic carbocycles. The van der Waals surface area contributed by atoms with Crippen LogP contribution in [-0.2, 0) is 11.3 Å². The summed E-state index contributed by atoms with van der Waals surface area (Å²) in [4.78, 5) is 12.0. The molecule has 0 saturated carbocycles. The molecule has 110 valence electrons. The Morgan fingerprint density at radius 1 is 1.35 bits per heavy atom. The van der Waals surface area contributed by atoms with E-state index >= 15 is 0 Å². The summed E-state index contributed by atoms with van der Waals surface area (Å²) in [7, 11) is 0. The van der Waals surface area contributed by atoms with Gasteiger partial charge in [-0.2, -0.15) is 0 Å². The number of hydrogen-bond acceptors (Lipinski definition) is 4. The van der Waals surface area contributed by atoms with Gasteiger partial charge in [0.2, 0.25) is 12.7 Å². The Morgan fingerprint density at radius 2 is 2.10 bits per heavy atom. The van der Waals surface area contributed by atoms with Crippen LogP contribution in [0.4, 0.5) is 0 Å². The largest absolute Gasteiger partial charge is 0.454 e. The predicted molar refractivity (Wildman–Crippen MR) is 76.8 cm³/mol. The molecule has 1 heterocycles. The number of para-hydroxylation sites is 1. The fourth-order valence-electron chi connectivity index (χ4n) is 1.96. The lowest BCUT2D eigenvalue weighted by Gasteiger charge is -2.23. The number of rotatable bonds is 4. The Bertz CT molecular complexity index is 494. The normalized spacial score (nSPS) is 15.0. The lowest BCUT2D eigenvalue weighted by molar-refractivity contribution is -0.124. The summed E-state index contributed by atoms with van der Waals surface area (Å²) in [6.07, 6.45) is 0. The van der Waals surface area contributed by atoms with Crippen molar-refractivity contribution >= 4 is 5.91 Å². The summed E-state index contributed by atoms with van der Waals surface area (Å²) in [5.74, 6) is 1.52. The molecule has 1 amide bonds. The van der Waals surface area contributed by atoms with Crippen LogP contribution in [-0.4, -0.2) is 24.3 Å². The van der Waals surface area contributed by atoms with Crippen LogP contribution in [0.5, 0.6) is 11.5 Å². The van der Waals surface area contributed by atoms with Crippen LogP contribution in [0, 0.1) is 0 Å². The van der Waals surface area contributed by atoms with Gasteiger partial charge in [0.05, 0.1) is 6.04 Å². The van der Waals surface area contributed by atoms with Gasteiger partial charge in [0.15, 0.2) is 11.5 Å². The lowest BCUT2D eigenvalue weighted by atomic mass is 10.1. The van der Waals surface area contributed by atoms with E-state index in [0.29, 0.717) is 6.54 Å². The monoisotopic (exact) mass is 278 g/mol. The molecule has 2 rings (SSSR count). The number of carbonyl (C=O) groups is 1. The molecular formula is C15H22N2O3. The standard InChI is InChI=1S/C15H22N2O3/c1-10(14(18)17-15(2,3)4)16-8-11-6-5-7-12-13(11)20-9-19-12/h5-7,10,16H,8-9H2,1-4H3,(H,17,18). The average molecular weight is 278 g/mol. The Labute approximate surface area is 119 Å². The smallest absolute Gasteiger partial charge is 0.237 e. The molecule has 1 aliphatic rings. The molecule has 0 fully saturated rings. The first-order valence-electron chi connectivity index (χ1n) is 6.80. The number of amides is 1. The fourth-order valence-corrected chi connectivity index (χ4v) is 1.96. The van der Waals surface area contributed by atoms with Gasteiger partial charge in [0.25, 0.3) is 0 Å². The maximum absolute atomic E-state index is 12.0. The minimum absolute atomic E-state index is 0.0118. The van der Waals surface area contributed by atoms with Crippen molar-refractivity contribution in [3.05, 3.63) is 23.8 Å². The highest BCUT2D eigenvalue weighted by Crippen LogP contribution is 2.35. The highest BCUT2D eigenvalue weighted by molar-refractivity contribution is 5.81. The number of ether oxygens (including phenoxy) is 2. The minimum atomic E-state index is -0.271. The van der Waals surface area contributed by atoms with E-state index in [0.717, 1.165) is 17.1 Å². The van der Waals surface area contributed by atoms with E-state index in [9.17, 15) is 4.79 Å². The molecule has 1 aliphatic heterocycles. The summed E-state index contributed by atoms with van der Waals surface area (Å²) in [6.45, 7) is 8.56. The molecule has 0 bridgehead atoms. The molecule has 0 radical (unpaired) electrons. The maximum atomic E-state index is 12.0. The molecule has 2 N–H and O–H groups in total. The topological polar surface area (TPSA) is 59.6 Å². The third-order valence-electron chi connectivity index (χ3n) is 2.97. The summed E-state index contributed by atoms with van der Waals surface area (Å²) in [5, 5.41) is 6.15. The minimum Gasteiger partial charge on any atom is -0.454 e. The molecule has 1 atom stereocenters. The summed E-state index contributed by atoms with van der Waals surface area (Å²) in [5.41, 5.74) is 0.772. The highest BCUT2D eigenvalue weighted by atomic mass is 16.7. The number of carbonyl (C=O) groups excluding carboxylic acids is 1. The van der Waals surface area contributed by atoms with Gasteiger partial charge in [-0.15, -0.1) is 0 Å². The molecule has 5 nitrogen and oxygen atoms in total. The van der Waals surface area contributed by atoms with Crippen LogP contribution in [0.2, 0.25) is 0 Å². The van der Waals surface area contributed by atoms with Crippen molar-refractivity contribution in [2.45, 2.75) is 45.8 Å². The Morgan fingerprint density at radius 3 is 2.80 bits per heavy atom. The third-order valence-corrected chi connectivity index (χ3v) is 2.97. The van der Waals surface area contributed by atoms with Gasteiger partial charge < -0.3 is 20.1 Å². The van der Waals surface area contributed by atoms with Crippen molar-refractivity contribution in [3.63, 3.8) is 0 Å². The maximum Gasteiger partial charge on any atom is 0.237 e. The highest BCUT2D eigenvalue weighted by Gasteiger charge is 2.21. The van der Waals surface area contributed by atoms with Gasteiger partial charge in [-0.3, -0.25) is 4.79 Å². The van der Waals surface area contributed by atoms with E-state index in [1.54, 1.807) is 0 Å². The summed E-state index contributed by atoms with van der Waals surface area (Å²) >= 11 is 0. The zero-order valence-electron chi connectivity index (χ0n) is 12.4. The van der Waals surface area contributed by atoms with Crippen molar-refractivity contribution in [1.29, 1.82) is 0 Å². The molecule has 0 spiro atoms. The van der Waals surface area contributed by atoms with Crippen LogP contribution in [0.25, 0.3) is 0 Å². The van der Waals surface area contributed by atoms with Crippen molar-refractivity contribution in [1.82, 2.24) is 10.6 Å². The summed E-state index contributed by atoms with van der Waals surface area (Å²) in [6, 6.07) is 5.49. The second kappa shape index (κ2) is 5.71. The van der Waals surface area contributed by atoms with E-state index < -0.39 is 0 Å². The lowest BCUT2D eigenvalue weighted by Crippen LogP contribution is -2.49. The van der Waals surface area contributed by atoms with Gasteiger partial charge >= 0.3 is 0 Å². The van der Waals surface area contributed by atoms with Crippen molar-refractivity contribution in [2.75, 3.05) is 6.79 Å². The van der Waals surface area contributed by atoms with Crippen LogP contribution >= 0.6 is 0 Å². The van der Waals surface area contributed by atoms with E-state index in [1.807, 2.05) is 45.9 Å². The fraction of sp³-hybridized carbons (Fsp3) is 0.533. The van der Waals surface area contributed by atoms with Gasteiger partial charge in [-0.25, -0.2) is 0 Å². The van der Waals surface area contributed by atoms with E-state index in [-0.39, 0.29) is 24.3 Å². The molecule has 1 unspecified atom stereocenters. The van der Waals surface area contributed by atoms with E-state index in [1.165, 1.54) is 0 Å². The molecule has 0 aromatic heterocycles. The zero-order valence-corrected chi connectivity index (χ0v) is 12.4. The van der Waals surface area contributed by atoms with Crippen molar-refractivity contribution < 1.29 is 14.3 Å². The van der Waals surface area contributed by atoms with Crippen molar-refractivity contribution in [2.24, 2.45) is 0 Å². The van der Waals surface area contributed by atoms with Crippen molar-refractivity contribution in [3.8, 4) is 11.5 Å². The van der Waals surface area contributed by atoms with Crippen LogP contribution in [0.3, 0.4) is 0 Å². The van der Waals surface area contributed by atoms with Crippen LogP contribution in [0.1, 0.15) is 33.3 Å². The van der Waals surface area contributed by atoms with Gasteiger partial charge in [0.1, 0.15) is 0 Å². The van der Waals surface area contributed by atoms with E-state index in [2.05, 4.69) is 10.6 Å². The number of nitrogens with one attached hydrogen (secondary N) is 2. The first-order valence-corrected chi connectivity index (χ1v) is 6.80. The van der Waals surface area contributed by atoms with Gasteiger partial charge in [-0.1, -0.05) is 12.1 Å². The molecule has 1 aromatic rings. The molecule has 0 saturated heterocycles. The Balaban J connectivity index is 1.92. The van der Waals surface area contributed by atoms with Gasteiger partial charge in [0, 0.05) is 17.6 Å². The quantitative estimate of drug-likeness (QED) is 0.882. The van der Waals surface area contributed by atoms with Crippen LogP contribution in [0.15, 0.2) is 18.2 Å². The molecular weight excluding hydrogens is 256 g/mol. The van der Waals surface area contributed by atoms with Gasteiger partial charge in [-0.05, 0) is 33.8 Å². The number of fused-ring (bicyclic) bond motifs is 1. The first kappa shape index (κ1) is 14.7. The third kappa shape index (κ3) is 3.63. The Kier molecular flexibility index (Phi) is 4.18. The second-order valence-corrected chi connectivity index (χ2v) is 5.99. The van der Waals surface area contributed by atoms with Crippen LogP contribution < -0.4 is 20.1 Å². The van der Waals surface area contributed by atoms with E-state index in [4.69, 9.17) is 9.47 Å². The second-order valence-electron chi connectivity index (χ2n) is 5.99. The molecule has 1 aromatic carbocycles. The predicted octanol–water partition coefficient (Wildman–Crippen LogP) is 1.81. The molecule has 20 heavy (non-hydrogen) atoms. The SMILES string of the molecule is CC(NCc1cccc2c1OCO2)C(=O)NC(C)(C)C. The number of benzene rings is 1. The summed E-state index contributed by atoms with van der Waals surface area (Å²) < 4.78 is 10.8.